The first-order valence-electron chi connectivity index (χ1n) is 19.1. The van der Waals surface area contributed by atoms with Crippen LogP contribution in [0.2, 0.25) is 0 Å². The normalized spacial score (nSPS) is 23.2. The fourth-order valence-electron chi connectivity index (χ4n) is 11.0. The average molecular weight is 689 g/mol. The van der Waals surface area contributed by atoms with Crippen molar-refractivity contribution >= 4 is 21.8 Å². The van der Waals surface area contributed by atoms with Gasteiger partial charge in [0.1, 0.15) is 23.1 Å². The van der Waals surface area contributed by atoms with Gasteiger partial charge in [0, 0.05) is 52.1 Å². The molecule has 0 unspecified atom stereocenters. The molecule has 5 nitrogen and oxygen atoms in total. The lowest BCUT2D eigenvalue weighted by Gasteiger charge is -2.62. The Balaban J connectivity index is 1.01. The Kier molecular flexibility index (Phi) is 6.98. The van der Waals surface area contributed by atoms with E-state index in [1.54, 1.807) is 0 Å². The zero-order valence-corrected chi connectivity index (χ0v) is 29.6. The van der Waals surface area contributed by atoms with Crippen LogP contribution in [-0.4, -0.2) is 19.1 Å². The fraction of sp³-hybridized carbons (Fsp3) is 0.208. The van der Waals surface area contributed by atoms with Crippen molar-refractivity contribution in [2.24, 2.45) is 23.7 Å². The van der Waals surface area contributed by atoms with Gasteiger partial charge < -0.3 is 4.74 Å². The molecular formula is C48H40N4O. The summed E-state index contributed by atoms with van der Waals surface area (Å²) < 4.78 is 11.1. The summed E-state index contributed by atoms with van der Waals surface area (Å²) in [5, 5.41) is 2.40. The Bertz CT molecular complexity index is 2590. The molecule has 0 N–H and O–H groups in total. The Hall–Kier alpha value is -5.94. The zero-order chi connectivity index (χ0) is 34.9. The van der Waals surface area contributed by atoms with E-state index in [-0.39, 0.29) is 5.41 Å². The highest BCUT2D eigenvalue weighted by atomic mass is 16.5. The molecular weight excluding hydrogens is 649 g/mol. The summed E-state index contributed by atoms with van der Waals surface area (Å²) in [5.74, 6) is 6.48. The Morgan fingerprint density at radius 1 is 0.547 bits per heavy atom. The first-order valence-corrected chi connectivity index (χ1v) is 19.1. The minimum Gasteiger partial charge on any atom is -0.457 e. The van der Waals surface area contributed by atoms with Crippen LogP contribution in [0.4, 0.5) is 0 Å². The van der Waals surface area contributed by atoms with Gasteiger partial charge in [0.2, 0.25) is 0 Å². The van der Waals surface area contributed by atoms with Crippen molar-refractivity contribution in [2.45, 2.75) is 37.5 Å². The van der Waals surface area contributed by atoms with E-state index in [0.717, 1.165) is 57.3 Å². The molecule has 0 radical (unpaired) electrons. The van der Waals surface area contributed by atoms with Crippen molar-refractivity contribution in [3.05, 3.63) is 169 Å². The molecule has 0 atom stereocenters. The van der Waals surface area contributed by atoms with Crippen LogP contribution in [0.5, 0.6) is 11.5 Å². The first-order chi connectivity index (χ1) is 26.2. The van der Waals surface area contributed by atoms with E-state index < -0.39 is 0 Å². The third-order valence-corrected chi connectivity index (χ3v) is 12.8. The molecule has 4 aliphatic rings. The second-order valence-electron chi connectivity index (χ2n) is 15.6. The maximum absolute atomic E-state index is 6.64. The van der Waals surface area contributed by atoms with Crippen LogP contribution in [0.25, 0.3) is 44.7 Å². The molecule has 0 saturated heterocycles. The molecule has 0 spiro atoms. The van der Waals surface area contributed by atoms with Crippen LogP contribution in [0, 0.1) is 23.7 Å². The smallest absolute Gasteiger partial charge is 0.144 e. The molecule has 3 aromatic heterocycles. The molecule has 5 heteroatoms. The molecule has 53 heavy (non-hydrogen) atoms. The monoisotopic (exact) mass is 688 g/mol. The largest absolute Gasteiger partial charge is 0.457 e. The number of hydrogen-bond donors (Lipinski definition) is 0. The van der Waals surface area contributed by atoms with Gasteiger partial charge in [-0.2, -0.15) is 0 Å². The van der Waals surface area contributed by atoms with Crippen molar-refractivity contribution < 1.29 is 4.74 Å². The molecule has 258 valence electrons. The number of nitrogens with zero attached hydrogens (tertiary/aromatic N) is 4. The maximum atomic E-state index is 6.64. The average Bonchev–Trinajstić information content (AvgIpc) is 3.82. The van der Waals surface area contributed by atoms with Gasteiger partial charge in [-0.3, -0.25) is 9.13 Å². The lowest BCUT2D eigenvalue weighted by Crippen LogP contribution is -2.56. The summed E-state index contributed by atoms with van der Waals surface area (Å²) in [6, 6.07) is 49.9. The maximum Gasteiger partial charge on any atom is 0.144 e. The SMILES string of the molecule is c1ccc(-n2ccnc2-c2cccc(Oc3ccc4c5ccccc5n(-c5cc(C6(c7ccccc7)C7CC8CC(C7)CC6C8)ccn5)c4c3)c2)cc1. The van der Waals surface area contributed by atoms with E-state index in [0.29, 0.717) is 11.8 Å². The van der Waals surface area contributed by atoms with Crippen LogP contribution < -0.4 is 4.74 Å². The quantitative estimate of drug-likeness (QED) is 0.167. The highest BCUT2D eigenvalue weighted by Gasteiger charge is 2.58. The van der Waals surface area contributed by atoms with Gasteiger partial charge >= 0.3 is 0 Å². The number of imidazole rings is 1. The number of hydrogen-bond acceptors (Lipinski definition) is 3. The van der Waals surface area contributed by atoms with Gasteiger partial charge in [0.15, 0.2) is 0 Å². The zero-order valence-electron chi connectivity index (χ0n) is 29.6. The van der Waals surface area contributed by atoms with Crippen LogP contribution in [-0.2, 0) is 5.41 Å². The number of pyridine rings is 1. The highest BCUT2D eigenvalue weighted by molar-refractivity contribution is 6.09. The molecule has 0 amide bonds. The van der Waals surface area contributed by atoms with E-state index in [1.165, 1.54) is 54.0 Å². The summed E-state index contributed by atoms with van der Waals surface area (Å²) in [6.07, 6.45) is 12.7. The number of aromatic nitrogens is 4. The molecule has 4 fully saturated rings. The lowest BCUT2D eigenvalue weighted by atomic mass is 9.42. The number of rotatable bonds is 7. The van der Waals surface area contributed by atoms with Gasteiger partial charge in [-0.15, -0.1) is 0 Å². The predicted octanol–water partition coefficient (Wildman–Crippen LogP) is 11.6. The van der Waals surface area contributed by atoms with Crippen molar-refractivity contribution in [3.8, 4) is 34.4 Å². The third-order valence-electron chi connectivity index (χ3n) is 12.8. The number of ether oxygens (including phenoxy) is 1. The van der Waals surface area contributed by atoms with Crippen molar-refractivity contribution in [2.75, 3.05) is 0 Å². The summed E-state index contributed by atoms with van der Waals surface area (Å²) in [6.45, 7) is 0. The molecule has 0 aliphatic heterocycles. The standard InChI is InChI=1S/C48H40N4O/c1-3-11-35(12-4-1)48(37-25-32-24-33(27-37)28-38(48)26-32)36-20-21-49-46(30-36)52-44-17-8-7-16-42(44)43-19-18-41(31-45(43)52)53-40-15-9-10-34(29-40)47-50-22-23-51(47)39-13-5-2-6-14-39/h1-23,29-33,37-38H,24-28H2. The summed E-state index contributed by atoms with van der Waals surface area (Å²) in [7, 11) is 0. The molecule has 3 heterocycles. The number of para-hydroxylation sites is 2. The summed E-state index contributed by atoms with van der Waals surface area (Å²) >= 11 is 0. The van der Waals surface area contributed by atoms with Crippen molar-refractivity contribution in [3.63, 3.8) is 0 Å². The topological polar surface area (TPSA) is 44.9 Å². The van der Waals surface area contributed by atoms with Crippen LogP contribution in [0.3, 0.4) is 0 Å². The summed E-state index contributed by atoms with van der Waals surface area (Å²) in [5.41, 5.74) is 7.22. The van der Waals surface area contributed by atoms with Crippen LogP contribution in [0.15, 0.2) is 158 Å². The molecule has 8 aromatic rings. The Morgan fingerprint density at radius 2 is 1.26 bits per heavy atom. The van der Waals surface area contributed by atoms with E-state index in [2.05, 4.69) is 125 Å². The highest BCUT2D eigenvalue weighted by Crippen LogP contribution is 2.65. The third kappa shape index (κ3) is 4.83. The number of benzene rings is 5. The second kappa shape index (κ2) is 12.1. The Morgan fingerprint density at radius 3 is 2.08 bits per heavy atom. The van der Waals surface area contributed by atoms with E-state index >= 15 is 0 Å². The van der Waals surface area contributed by atoms with Crippen molar-refractivity contribution in [1.82, 2.24) is 19.1 Å². The number of fused-ring (bicyclic) bond motifs is 3. The predicted molar refractivity (Wildman–Crippen MR) is 212 cm³/mol. The van der Waals surface area contributed by atoms with Crippen LogP contribution in [0.1, 0.15) is 43.2 Å². The molecule has 4 saturated carbocycles. The van der Waals surface area contributed by atoms with Gasteiger partial charge in [0.25, 0.3) is 0 Å². The minimum absolute atomic E-state index is 0.0135. The van der Waals surface area contributed by atoms with E-state index in [9.17, 15) is 0 Å². The fourth-order valence-corrected chi connectivity index (χ4v) is 11.0. The van der Waals surface area contributed by atoms with E-state index in [4.69, 9.17) is 14.7 Å². The Labute approximate surface area is 309 Å². The molecule has 12 rings (SSSR count). The van der Waals surface area contributed by atoms with Gasteiger partial charge in [-0.05, 0) is 121 Å². The second-order valence-corrected chi connectivity index (χ2v) is 15.6. The van der Waals surface area contributed by atoms with Gasteiger partial charge in [-0.25, -0.2) is 9.97 Å². The van der Waals surface area contributed by atoms with Gasteiger partial charge in [-0.1, -0.05) is 78.9 Å². The minimum atomic E-state index is 0.0135. The lowest BCUT2D eigenvalue weighted by molar-refractivity contribution is -0.0418. The molecule has 4 bridgehead atoms. The molecule has 5 aromatic carbocycles. The van der Waals surface area contributed by atoms with Crippen molar-refractivity contribution in [1.29, 1.82) is 0 Å². The molecule has 4 aliphatic carbocycles. The van der Waals surface area contributed by atoms with Crippen LogP contribution >= 0.6 is 0 Å². The first kappa shape index (κ1) is 30.7. The van der Waals surface area contributed by atoms with Gasteiger partial charge in [0.05, 0.1) is 11.0 Å². The van der Waals surface area contributed by atoms with E-state index in [1.807, 2.05) is 42.7 Å². The summed E-state index contributed by atoms with van der Waals surface area (Å²) in [4.78, 5) is 9.83.